The van der Waals surface area contributed by atoms with E-state index in [0.29, 0.717) is 11.9 Å². The summed E-state index contributed by atoms with van der Waals surface area (Å²) in [5.41, 5.74) is 1.77. The molecule has 0 saturated heterocycles. The van der Waals surface area contributed by atoms with Crippen molar-refractivity contribution in [2.75, 3.05) is 5.32 Å². The van der Waals surface area contributed by atoms with Gasteiger partial charge in [-0.05, 0) is 36.6 Å². The van der Waals surface area contributed by atoms with Gasteiger partial charge in [0, 0.05) is 18.1 Å². The van der Waals surface area contributed by atoms with Gasteiger partial charge in [0.15, 0.2) is 0 Å². The number of nitrogens with zero attached hydrogens (tertiary/aromatic N) is 1. The van der Waals surface area contributed by atoms with Crippen LogP contribution in [0.1, 0.15) is 22.3 Å². The van der Waals surface area contributed by atoms with Crippen molar-refractivity contribution in [3.8, 4) is 0 Å². The van der Waals surface area contributed by atoms with Gasteiger partial charge in [0.25, 0.3) is 0 Å². The second kappa shape index (κ2) is 7.74. The SMILES string of the molecule is O=C(O)C(=O)Nc1cc2c(ccn2CCCc2ccccc2)cc1C(=O)O. The normalized spacial score (nSPS) is 10.7. The summed E-state index contributed by atoms with van der Waals surface area (Å²) in [6.45, 7) is 0.705. The number of anilines is 1. The number of aryl methyl sites for hydroxylation is 2. The lowest BCUT2D eigenvalue weighted by atomic mass is 10.1. The zero-order valence-corrected chi connectivity index (χ0v) is 14.4. The third kappa shape index (κ3) is 4.14. The fourth-order valence-corrected chi connectivity index (χ4v) is 2.99. The number of hydrogen-bond acceptors (Lipinski definition) is 3. The molecule has 0 aliphatic carbocycles. The van der Waals surface area contributed by atoms with Crippen molar-refractivity contribution in [1.82, 2.24) is 4.57 Å². The van der Waals surface area contributed by atoms with Crippen molar-refractivity contribution >= 4 is 34.4 Å². The quantitative estimate of drug-likeness (QED) is 0.581. The van der Waals surface area contributed by atoms with E-state index in [1.54, 1.807) is 6.07 Å². The summed E-state index contributed by atoms with van der Waals surface area (Å²) in [6.07, 6.45) is 3.63. The number of aliphatic carboxylic acids is 1. The molecule has 1 aromatic heterocycles. The van der Waals surface area contributed by atoms with Crippen LogP contribution >= 0.6 is 0 Å². The van der Waals surface area contributed by atoms with Crippen molar-refractivity contribution < 1.29 is 24.6 Å². The molecule has 0 fully saturated rings. The summed E-state index contributed by atoms with van der Waals surface area (Å²) in [7, 11) is 0. The smallest absolute Gasteiger partial charge is 0.394 e. The first-order valence-corrected chi connectivity index (χ1v) is 8.40. The molecule has 0 saturated carbocycles. The summed E-state index contributed by atoms with van der Waals surface area (Å²) in [6, 6.07) is 14.8. The molecule has 0 unspecified atom stereocenters. The van der Waals surface area contributed by atoms with Crippen LogP contribution < -0.4 is 5.32 Å². The Labute approximate surface area is 154 Å². The maximum atomic E-state index is 11.5. The molecular formula is C20H18N2O5. The highest BCUT2D eigenvalue weighted by atomic mass is 16.4. The van der Waals surface area contributed by atoms with Gasteiger partial charge in [0.2, 0.25) is 0 Å². The van der Waals surface area contributed by atoms with Gasteiger partial charge in [-0.2, -0.15) is 0 Å². The summed E-state index contributed by atoms with van der Waals surface area (Å²) in [5.74, 6) is -4.20. The topological polar surface area (TPSA) is 109 Å². The molecule has 0 aliphatic heterocycles. The van der Waals surface area contributed by atoms with E-state index in [1.807, 2.05) is 29.0 Å². The van der Waals surface area contributed by atoms with E-state index in [1.165, 1.54) is 17.7 Å². The molecule has 0 aliphatic rings. The average Bonchev–Trinajstić information content (AvgIpc) is 3.04. The Morgan fingerprint density at radius 2 is 1.74 bits per heavy atom. The maximum absolute atomic E-state index is 11.5. The van der Waals surface area contributed by atoms with Crippen LogP contribution in [0.5, 0.6) is 0 Å². The predicted molar refractivity (Wildman–Crippen MR) is 99.9 cm³/mol. The number of rotatable bonds is 6. The van der Waals surface area contributed by atoms with Gasteiger partial charge < -0.3 is 20.1 Å². The third-order valence-corrected chi connectivity index (χ3v) is 4.29. The van der Waals surface area contributed by atoms with E-state index in [9.17, 15) is 19.5 Å². The number of carbonyl (C=O) groups excluding carboxylic acids is 1. The van der Waals surface area contributed by atoms with E-state index in [-0.39, 0.29) is 11.3 Å². The molecule has 7 nitrogen and oxygen atoms in total. The first-order chi connectivity index (χ1) is 13.0. The molecule has 3 rings (SSSR count). The highest BCUT2D eigenvalue weighted by Crippen LogP contribution is 2.26. The number of carbonyl (C=O) groups is 3. The van der Waals surface area contributed by atoms with Crippen LogP contribution in [-0.2, 0) is 22.6 Å². The number of carboxylic acid groups (broad SMARTS) is 2. The Hall–Kier alpha value is -3.61. The van der Waals surface area contributed by atoms with Gasteiger partial charge in [0.05, 0.1) is 16.8 Å². The molecular weight excluding hydrogens is 348 g/mol. The minimum absolute atomic E-state index is 0.0367. The molecule has 138 valence electrons. The Morgan fingerprint density at radius 3 is 2.41 bits per heavy atom. The number of fused-ring (bicyclic) bond motifs is 1. The molecule has 0 radical (unpaired) electrons. The van der Waals surface area contributed by atoms with Gasteiger partial charge >= 0.3 is 17.8 Å². The molecule has 27 heavy (non-hydrogen) atoms. The molecule has 1 amide bonds. The second-order valence-corrected chi connectivity index (χ2v) is 6.12. The lowest BCUT2D eigenvalue weighted by Gasteiger charge is -2.10. The molecule has 0 atom stereocenters. The molecule has 3 aromatic rings. The average molecular weight is 366 g/mol. The molecule has 3 N–H and O–H groups in total. The standard InChI is InChI=1S/C20H18N2O5/c23-18(20(26)27)21-16-12-17-14(11-15(16)19(24)25)8-10-22(17)9-4-7-13-5-2-1-3-6-13/h1-3,5-6,8,10-12H,4,7,9H2,(H,21,23)(H,24,25)(H,26,27). The summed E-state index contributed by atoms with van der Waals surface area (Å²) in [4.78, 5) is 33.7. The molecule has 0 bridgehead atoms. The van der Waals surface area contributed by atoms with Crippen molar-refractivity contribution in [1.29, 1.82) is 0 Å². The molecule has 2 aromatic carbocycles. The number of amides is 1. The molecule has 7 heteroatoms. The van der Waals surface area contributed by atoms with Crippen LogP contribution in [0.4, 0.5) is 5.69 Å². The fourth-order valence-electron chi connectivity index (χ4n) is 2.99. The number of hydrogen-bond donors (Lipinski definition) is 3. The highest BCUT2D eigenvalue weighted by molar-refractivity contribution is 6.37. The zero-order chi connectivity index (χ0) is 19.4. The Morgan fingerprint density at radius 1 is 1.00 bits per heavy atom. The van der Waals surface area contributed by atoms with Crippen LogP contribution in [0.3, 0.4) is 0 Å². The summed E-state index contributed by atoms with van der Waals surface area (Å²) >= 11 is 0. The number of nitrogens with one attached hydrogen (secondary N) is 1. The monoisotopic (exact) mass is 366 g/mol. The minimum atomic E-state index is -1.68. The largest absolute Gasteiger partial charge is 0.478 e. The predicted octanol–water partition coefficient (Wildman–Crippen LogP) is 3.00. The van der Waals surface area contributed by atoms with Crippen LogP contribution in [0.2, 0.25) is 0 Å². The first-order valence-electron chi connectivity index (χ1n) is 8.40. The number of aromatic carboxylic acids is 1. The van der Waals surface area contributed by atoms with Crippen molar-refractivity contribution in [2.24, 2.45) is 0 Å². The zero-order valence-electron chi connectivity index (χ0n) is 14.4. The second-order valence-electron chi connectivity index (χ2n) is 6.12. The van der Waals surface area contributed by atoms with Gasteiger partial charge in [0.1, 0.15) is 0 Å². The van der Waals surface area contributed by atoms with Crippen molar-refractivity contribution in [3.63, 3.8) is 0 Å². The number of aromatic nitrogens is 1. The fraction of sp³-hybridized carbons (Fsp3) is 0.150. The Balaban J connectivity index is 1.85. The van der Waals surface area contributed by atoms with Crippen molar-refractivity contribution in [2.45, 2.75) is 19.4 Å². The van der Waals surface area contributed by atoms with Crippen LogP contribution in [0, 0.1) is 0 Å². The summed E-state index contributed by atoms with van der Waals surface area (Å²) < 4.78 is 1.96. The molecule has 1 heterocycles. The number of carboxylic acids is 2. The third-order valence-electron chi connectivity index (χ3n) is 4.29. The van der Waals surface area contributed by atoms with Gasteiger partial charge in [-0.25, -0.2) is 9.59 Å². The Bertz CT molecular complexity index is 1010. The van der Waals surface area contributed by atoms with E-state index in [4.69, 9.17) is 5.11 Å². The van der Waals surface area contributed by atoms with E-state index in [2.05, 4.69) is 17.4 Å². The van der Waals surface area contributed by atoms with Gasteiger partial charge in [-0.15, -0.1) is 0 Å². The lowest BCUT2D eigenvalue weighted by Crippen LogP contribution is -2.23. The molecule has 0 spiro atoms. The number of benzene rings is 2. The highest BCUT2D eigenvalue weighted by Gasteiger charge is 2.18. The van der Waals surface area contributed by atoms with Crippen molar-refractivity contribution in [3.05, 3.63) is 65.9 Å². The van der Waals surface area contributed by atoms with E-state index in [0.717, 1.165) is 18.4 Å². The van der Waals surface area contributed by atoms with E-state index < -0.39 is 17.8 Å². The van der Waals surface area contributed by atoms with Crippen LogP contribution in [-0.4, -0.2) is 32.6 Å². The van der Waals surface area contributed by atoms with Gasteiger partial charge in [-0.3, -0.25) is 4.79 Å². The van der Waals surface area contributed by atoms with Crippen LogP contribution in [0.15, 0.2) is 54.7 Å². The van der Waals surface area contributed by atoms with Gasteiger partial charge in [-0.1, -0.05) is 30.3 Å². The minimum Gasteiger partial charge on any atom is -0.478 e. The summed E-state index contributed by atoms with van der Waals surface area (Å²) in [5, 5.41) is 21.0. The lowest BCUT2D eigenvalue weighted by molar-refractivity contribution is -0.147. The first kappa shape index (κ1) is 18.2. The van der Waals surface area contributed by atoms with E-state index >= 15 is 0 Å². The Kier molecular flexibility index (Phi) is 5.21. The maximum Gasteiger partial charge on any atom is 0.394 e. The van der Waals surface area contributed by atoms with Crippen LogP contribution in [0.25, 0.3) is 10.9 Å².